The van der Waals surface area contributed by atoms with Crippen LogP contribution in [-0.4, -0.2) is 28.8 Å². The number of carbonyl (C=O) groups excluding carboxylic acids is 1. The number of aryl methyl sites for hydroxylation is 1. The zero-order valence-corrected chi connectivity index (χ0v) is 16.8. The molecule has 0 unspecified atom stereocenters. The maximum atomic E-state index is 12.3. The fraction of sp³-hybridized carbons (Fsp3) is 0.333. The molecule has 150 valence electrons. The molecule has 1 aromatic heterocycles. The third-order valence-corrected chi connectivity index (χ3v) is 5.42. The summed E-state index contributed by atoms with van der Waals surface area (Å²) in [5.74, 6) is 0.0278. The molecule has 3 aromatic rings. The minimum atomic E-state index is 0.0278. The van der Waals surface area contributed by atoms with Crippen molar-refractivity contribution < 1.29 is 4.79 Å². The Kier molecular flexibility index (Phi) is 6.25. The summed E-state index contributed by atoms with van der Waals surface area (Å²) in [7, 11) is 0. The average molecular weight is 389 g/mol. The van der Waals surface area contributed by atoms with Crippen LogP contribution in [0.5, 0.6) is 0 Å². The first-order valence-corrected chi connectivity index (χ1v) is 10.5. The molecule has 4 rings (SSSR count). The fourth-order valence-corrected chi connectivity index (χ4v) is 3.78. The van der Waals surface area contributed by atoms with Gasteiger partial charge in [-0.25, -0.2) is 4.68 Å². The smallest absolute Gasteiger partial charge is 0.224 e. The van der Waals surface area contributed by atoms with E-state index in [1.54, 1.807) is 0 Å². The summed E-state index contributed by atoms with van der Waals surface area (Å²) in [6.07, 6.45) is 10.1. The largest absolute Gasteiger partial charge is 0.372 e. The summed E-state index contributed by atoms with van der Waals surface area (Å²) in [6.45, 7) is 2.25. The van der Waals surface area contributed by atoms with Gasteiger partial charge in [-0.1, -0.05) is 31.0 Å². The summed E-state index contributed by atoms with van der Waals surface area (Å²) >= 11 is 0. The molecule has 1 amide bonds. The number of anilines is 2. The molecule has 2 heterocycles. The van der Waals surface area contributed by atoms with Crippen molar-refractivity contribution in [2.45, 2.75) is 38.5 Å². The number of rotatable bonds is 6. The minimum absolute atomic E-state index is 0.0278. The first kappa shape index (κ1) is 19.2. The second-order valence-corrected chi connectivity index (χ2v) is 7.63. The molecule has 0 saturated carbocycles. The molecule has 1 aliphatic rings. The van der Waals surface area contributed by atoms with Gasteiger partial charge in [-0.2, -0.15) is 5.10 Å². The Bertz CT molecular complexity index is 910. The number of benzene rings is 2. The van der Waals surface area contributed by atoms with Gasteiger partial charge in [0.15, 0.2) is 0 Å². The van der Waals surface area contributed by atoms with E-state index in [4.69, 9.17) is 0 Å². The van der Waals surface area contributed by atoms with Gasteiger partial charge in [-0.05, 0) is 61.2 Å². The zero-order valence-electron chi connectivity index (χ0n) is 16.8. The van der Waals surface area contributed by atoms with Crippen molar-refractivity contribution in [2.24, 2.45) is 0 Å². The van der Waals surface area contributed by atoms with Gasteiger partial charge >= 0.3 is 0 Å². The van der Waals surface area contributed by atoms with E-state index in [1.807, 2.05) is 59.5 Å². The monoisotopic (exact) mass is 388 g/mol. The van der Waals surface area contributed by atoms with Crippen molar-refractivity contribution in [3.63, 3.8) is 0 Å². The number of hydrogen-bond donors (Lipinski definition) is 1. The Balaban J connectivity index is 1.28. The molecular weight excluding hydrogens is 360 g/mol. The highest BCUT2D eigenvalue weighted by Gasteiger charge is 2.10. The van der Waals surface area contributed by atoms with E-state index in [9.17, 15) is 4.79 Å². The fourth-order valence-electron chi connectivity index (χ4n) is 3.78. The quantitative estimate of drug-likeness (QED) is 0.658. The average Bonchev–Trinajstić information content (AvgIpc) is 3.07. The molecule has 1 saturated heterocycles. The highest BCUT2D eigenvalue weighted by Crippen LogP contribution is 2.21. The lowest BCUT2D eigenvalue weighted by atomic mass is 10.2. The lowest BCUT2D eigenvalue weighted by molar-refractivity contribution is -0.116. The van der Waals surface area contributed by atoms with Gasteiger partial charge in [0, 0.05) is 37.1 Å². The van der Waals surface area contributed by atoms with Crippen molar-refractivity contribution >= 4 is 17.3 Å². The van der Waals surface area contributed by atoms with Gasteiger partial charge < -0.3 is 10.2 Å². The standard InChI is InChI=1S/C24H28N4O/c29-24(15-10-20-18-25-28(19-20)23-8-4-3-5-9-23)26-21-11-13-22(14-12-21)27-16-6-1-2-7-17-27/h3-5,8-9,11-14,18-19H,1-2,6-7,10,15-17H2,(H,26,29). The Labute approximate surface area is 172 Å². The molecule has 5 nitrogen and oxygen atoms in total. The van der Waals surface area contributed by atoms with Crippen LogP contribution in [0.1, 0.15) is 37.7 Å². The number of para-hydroxylation sites is 1. The van der Waals surface area contributed by atoms with Gasteiger partial charge in [0.25, 0.3) is 0 Å². The van der Waals surface area contributed by atoms with Crippen LogP contribution in [0.3, 0.4) is 0 Å². The second-order valence-electron chi connectivity index (χ2n) is 7.63. The van der Waals surface area contributed by atoms with E-state index in [1.165, 1.54) is 31.4 Å². The van der Waals surface area contributed by atoms with Crippen molar-refractivity contribution in [2.75, 3.05) is 23.3 Å². The molecule has 0 aliphatic carbocycles. The molecule has 1 aliphatic heterocycles. The van der Waals surface area contributed by atoms with Gasteiger partial charge in [-0.3, -0.25) is 4.79 Å². The van der Waals surface area contributed by atoms with Crippen LogP contribution in [-0.2, 0) is 11.2 Å². The van der Waals surface area contributed by atoms with Crippen LogP contribution in [0, 0.1) is 0 Å². The minimum Gasteiger partial charge on any atom is -0.372 e. The summed E-state index contributed by atoms with van der Waals surface area (Å²) in [6, 6.07) is 18.2. The van der Waals surface area contributed by atoms with E-state index < -0.39 is 0 Å². The third-order valence-electron chi connectivity index (χ3n) is 5.42. The number of aromatic nitrogens is 2. The number of amides is 1. The maximum absolute atomic E-state index is 12.3. The second kappa shape index (κ2) is 9.41. The van der Waals surface area contributed by atoms with E-state index in [0.29, 0.717) is 12.8 Å². The predicted octanol–water partition coefficient (Wildman–Crippen LogP) is 4.82. The predicted molar refractivity (Wildman–Crippen MR) is 118 cm³/mol. The molecular formula is C24H28N4O. The molecule has 1 N–H and O–H groups in total. The normalized spacial score (nSPS) is 14.4. The summed E-state index contributed by atoms with van der Waals surface area (Å²) < 4.78 is 1.84. The molecule has 0 bridgehead atoms. The lowest BCUT2D eigenvalue weighted by Crippen LogP contribution is -2.23. The Morgan fingerprint density at radius 1 is 0.897 bits per heavy atom. The van der Waals surface area contributed by atoms with Crippen LogP contribution in [0.4, 0.5) is 11.4 Å². The van der Waals surface area contributed by atoms with Crippen molar-refractivity contribution in [1.29, 1.82) is 0 Å². The number of hydrogen-bond acceptors (Lipinski definition) is 3. The van der Waals surface area contributed by atoms with E-state index in [-0.39, 0.29) is 5.91 Å². The number of carbonyl (C=O) groups is 1. The third kappa shape index (κ3) is 5.25. The molecule has 0 spiro atoms. The SMILES string of the molecule is O=C(CCc1cnn(-c2ccccc2)c1)Nc1ccc(N2CCCCCC2)cc1. The Morgan fingerprint density at radius 2 is 1.62 bits per heavy atom. The Hall–Kier alpha value is -3.08. The van der Waals surface area contributed by atoms with E-state index in [0.717, 1.165) is 30.0 Å². The first-order chi connectivity index (χ1) is 14.3. The van der Waals surface area contributed by atoms with Crippen LogP contribution in [0.15, 0.2) is 67.0 Å². The molecule has 5 heteroatoms. The number of nitrogens with zero attached hydrogens (tertiary/aromatic N) is 3. The van der Waals surface area contributed by atoms with Gasteiger partial charge in [0.05, 0.1) is 11.9 Å². The van der Waals surface area contributed by atoms with Crippen molar-refractivity contribution in [3.05, 3.63) is 72.6 Å². The molecule has 1 fully saturated rings. The van der Waals surface area contributed by atoms with Crippen LogP contribution in [0.2, 0.25) is 0 Å². The molecule has 2 aromatic carbocycles. The maximum Gasteiger partial charge on any atom is 0.224 e. The molecule has 29 heavy (non-hydrogen) atoms. The van der Waals surface area contributed by atoms with Gasteiger partial charge in [0.1, 0.15) is 0 Å². The zero-order chi connectivity index (χ0) is 19.9. The lowest BCUT2D eigenvalue weighted by Gasteiger charge is -2.22. The molecule has 0 radical (unpaired) electrons. The van der Waals surface area contributed by atoms with Crippen LogP contribution in [0.25, 0.3) is 5.69 Å². The number of nitrogens with one attached hydrogen (secondary N) is 1. The Morgan fingerprint density at radius 3 is 2.34 bits per heavy atom. The summed E-state index contributed by atoms with van der Waals surface area (Å²) in [4.78, 5) is 14.8. The summed E-state index contributed by atoms with van der Waals surface area (Å²) in [5.41, 5.74) is 4.18. The highest BCUT2D eigenvalue weighted by molar-refractivity contribution is 5.91. The van der Waals surface area contributed by atoms with Crippen LogP contribution >= 0.6 is 0 Å². The first-order valence-electron chi connectivity index (χ1n) is 10.5. The van der Waals surface area contributed by atoms with E-state index in [2.05, 4.69) is 27.4 Å². The van der Waals surface area contributed by atoms with Crippen LogP contribution < -0.4 is 10.2 Å². The van der Waals surface area contributed by atoms with E-state index >= 15 is 0 Å². The van der Waals surface area contributed by atoms with Gasteiger partial charge in [-0.15, -0.1) is 0 Å². The topological polar surface area (TPSA) is 50.2 Å². The highest BCUT2D eigenvalue weighted by atomic mass is 16.1. The van der Waals surface area contributed by atoms with Crippen molar-refractivity contribution in [1.82, 2.24) is 9.78 Å². The summed E-state index contributed by atoms with van der Waals surface area (Å²) in [5, 5.41) is 7.40. The van der Waals surface area contributed by atoms with Gasteiger partial charge in [0.2, 0.25) is 5.91 Å². The molecule has 0 atom stereocenters. The van der Waals surface area contributed by atoms with Crippen molar-refractivity contribution in [3.8, 4) is 5.69 Å².